The summed E-state index contributed by atoms with van der Waals surface area (Å²) >= 11 is 6.18. The summed E-state index contributed by atoms with van der Waals surface area (Å²) in [6.45, 7) is 3.50. The Hall–Kier alpha value is -1.24. The lowest BCUT2D eigenvalue weighted by Gasteiger charge is -2.29. The number of rotatable bonds is 2. The van der Waals surface area contributed by atoms with Crippen molar-refractivity contribution in [2.45, 2.75) is 25.8 Å². The maximum absolute atomic E-state index is 9.05. The summed E-state index contributed by atoms with van der Waals surface area (Å²) < 4.78 is 5.73. The van der Waals surface area contributed by atoms with E-state index in [2.05, 4.69) is 11.0 Å². The molecule has 1 aromatic rings. The van der Waals surface area contributed by atoms with E-state index in [9.17, 15) is 0 Å². The number of benzene rings is 1. The van der Waals surface area contributed by atoms with E-state index in [1.54, 1.807) is 0 Å². The lowest BCUT2D eigenvalue weighted by Crippen LogP contribution is -2.34. The monoisotopic (exact) mass is 276 g/mol. The van der Waals surface area contributed by atoms with Gasteiger partial charge in [0.2, 0.25) is 0 Å². The number of halogens is 1. The molecule has 3 rings (SSSR count). The van der Waals surface area contributed by atoms with Crippen molar-refractivity contribution in [1.82, 2.24) is 4.90 Å². The number of hydrogen-bond donors (Lipinski definition) is 0. The van der Waals surface area contributed by atoms with Crippen molar-refractivity contribution >= 4 is 11.6 Å². The summed E-state index contributed by atoms with van der Waals surface area (Å²) in [6, 6.07) is 6.39. The van der Waals surface area contributed by atoms with Crippen molar-refractivity contribution in [1.29, 1.82) is 5.26 Å². The van der Waals surface area contributed by atoms with Crippen LogP contribution in [0.1, 0.15) is 24.0 Å². The second-order valence-corrected chi connectivity index (χ2v) is 5.79. The van der Waals surface area contributed by atoms with Gasteiger partial charge in [0.1, 0.15) is 5.75 Å². The Morgan fingerprint density at radius 3 is 3.21 bits per heavy atom. The van der Waals surface area contributed by atoms with Gasteiger partial charge in [0.15, 0.2) is 0 Å². The Kier molecular flexibility index (Phi) is 3.63. The Balaban J connectivity index is 1.78. The van der Waals surface area contributed by atoms with E-state index in [0.29, 0.717) is 0 Å². The van der Waals surface area contributed by atoms with Crippen LogP contribution in [0.4, 0.5) is 0 Å². The minimum Gasteiger partial charge on any atom is -0.493 e. The number of likely N-dealkylation sites (tertiary alicyclic amines) is 1. The van der Waals surface area contributed by atoms with Gasteiger partial charge in [-0.1, -0.05) is 11.6 Å². The molecule has 0 saturated carbocycles. The van der Waals surface area contributed by atoms with Gasteiger partial charge in [-0.05, 0) is 37.1 Å². The Labute approximate surface area is 118 Å². The predicted octanol–water partition coefficient (Wildman–Crippen LogP) is 3.01. The lowest BCUT2D eigenvalue weighted by molar-refractivity contribution is 0.190. The van der Waals surface area contributed by atoms with Crippen molar-refractivity contribution in [2.75, 3.05) is 19.7 Å². The molecular formula is C15H17ClN2O. The molecule has 0 bridgehead atoms. The van der Waals surface area contributed by atoms with Gasteiger partial charge in [0.25, 0.3) is 0 Å². The maximum atomic E-state index is 9.05. The normalized spacial score (nSPS) is 22.6. The zero-order valence-corrected chi connectivity index (χ0v) is 11.6. The number of fused-ring (bicyclic) bond motifs is 1. The molecule has 1 unspecified atom stereocenters. The van der Waals surface area contributed by atoms with Gasteiger partial charge in [-0.15, -0.1) is 0 Å². The maximum Gasteiger partial charge on any atom is 0.127 e. The molecule has 2 aliphatic rings. The van der Waals surface area contributed by atoms with Crippen LogP contribution >= 0.6 is 11.6 Å². The van der Waals surface area contributed by atoms with Gasteiger partial charge >= 0.3 is 0 Å². The van der Waals surface area contributed by atoms with Gasteiger partial charge in [-0.2, -0.15) is 5.26 Å². The van der Waals surface area contributed by atoms with E-state index >= 15 is 0 Å². The van der Waals surface area contributed by atoms with E-state index in [0.717, 1.165) is 56.3 Å². The number of piperidine rings is 1. The summed E-state index contributed by atoms with van der Waals surface area (Å²) in [5.74, 6) is 1.19. The first-order chi connectivity index (χ1) is 9.26. The van der Waals surface area contributed by atoms with E-state index < -0.39 is 0 Å². The molecular weight excluding hydrogens is 260 g/mol. The van der Waals surface area contributed by atoms with Crippen molar-refractivity contribution in [3.05, 3.63) is 28.3 Å². The molecule has 2 aliphatic heterocycles. The van der Waals surface area contributed by atoms with Crippen molar-refractivity contribution in [2.24, 2.45) is 5.92 Å². The van der Waals surface area contributed by atoms with Crippen LogP contribution in [-0.4, -0.2) is 24.6 Å². The first kappa shape index (κ1) is 12.8. The average Bonchev–Trinajstić information content (AvgIpc) is 2.87. The molecule has 100 valence electrons. The van der Waals surface area contributed by atoms with Crippen LogP contribution in [0.15, 0.2) is 12.1 Å². The Bertz CT molecular complexity index is 524. The number of ether oxygens (including phenoxy) is 1. The SMILES string of the molecule is N#CC1CCCN(Cc2cc(Cl)cc3c2OCC3)C1. The number of hydrogen-bond acceptors (Lipinski definition) is 3. The molecule has 1 fully saturated rings. The van der Waals surface area contributed by atoms with Gasteiger partial charge in [0.05, 0.1) is 18.6 Å². The van der Waals surface area contributed by atoms with Gasteiger partial charge in [-0.3, -0.25) is 4.90 Å². The molecule has 0 amide bonds. The van der Waals surface area contributed by atoms with Crippen LogP contribution in [0, 0.1) is 17.2 Å². The van der Waals surface area contributed by atoms with E-state index in [4.69, 9.17) is 21.6 Å². The van der Waals surface area contributed by atoms with Crippen molar-refractivity contribution < 1.29 is 4.74 Å². The summed E-state index contributed by atoms with van der Waals surface area (Å²) in [4.78, 5) is 2.34. The highest BCUT2D eigenvalue weighted by Crippen LogP contribution is 2.34. The highest BCUT2D eigenvalue weighted by Gasteiger charge is 2.23. The lowest BCUT2D eigenvalue weighted by atomic mass is 9.99. The zero-order chi connectivity index (χ0) is 13.2. The fourth-order valence-corrected chi connectivity index (χ4v) is 3.27. The fraction of sp³-hybridized carbons (Fsp3) is 0.533. The molecule has 4 heteroatoms. The quantitative estimate of drug-likeness (QED) is 0.833. The summed E-state index contributed by atoms with van der Waals surface area (Å²) in [5, 5.41) is 9.84. The fourth-order valence-electron chi connectivity index (χ4n) is 3.01. The van der Waals surface area contributed by atoms with Crippen LogP contribution in [-0.2, 0) is 13.0 Å². The highest BCUT2D eigenvalue weighted by molar-refractivity contribution is 6.30. The molecule has 0 radical (unpaired) electrons. The Morgan fingerprint density at radius 1 is 1.47 bits per heavy atom. The molecule has 0 spiro atoms. The third-order valence-electron chi connectivity index (χ3n) is 3.91. The van der Waals surface area contributed by atoms with Gasteiger partial charge in [-0.25, -0.2) is 0 Å². The van der Waals surface area contributed by atoms with Crippen molar-refractivity contribution in [3.63, 3.8) is 0 Å². The smallest absolute Gasteiger partial charge is 0.127 e. The van der Waals surface area contributed by atoms with Gasteiger partial charge < -0.3 is 4.74 Å². The molecule has 0 aliphatic carbocycles. The molecule has 0 N–H and O–H groups in total. The van der Waals surface area contributed by atoms with Crippen LogP contribution in [0.5, 0.6) is 5.75 Å². The molecule has 1 aromatic carbocycles. The summed E-state index contributed by atoms with van der Waals surface area (Å²) in [5.41, 5.74) is 2.38. The van der Waals surface area contributed by atoms with E-state index in [1.165, 1.54) is 11.1 Å². The van der Waals surface area contributed by atoms with Crippen LogP contribution in [0.3, 0.4) is 0 Å². The average molecular weight is 277 g/mol. The van der Waals surface area contributed by atoms with Crippen LogP contribution in [0.25, 0.3) is 0 Å². The van der Waals surface area contributed by atoms with Crippen LogP contribution < -0.4 is 4.74 Å². The zero-order valence-electron chi connectivity index (χ0n) is 10.9. The molecule has 19 heavy (non-hydrogen) atoms. The first-order valence-electron chi connectivity index (χ1n) is 6.82. The van der Waals surface area contributed by atoms with Crippen LogP contribution in [0.2, 0.25) is 5.02 Å². The molecule has 3 nitrogen and oxygen atoms in total. The van der Waals surface area contributed by atoms with Gasteiger partial charge in [0, 0.05) is 30.1 Å². The minimum absolute atomic E-state index is 0.168. The molecule has 1 saturated heterocycles. The summed E-state index contributed by atoms with van der Waals surface area (Å²) in [6.07, 6.45) is 3.07. The summed E-state index contributed by atoms with van der Waals surface area (Å²) in [7, 11) is 0. The van der Waals surface area contributed by atoms with E-state index in [-0.39, 0.29) is 5.92 Å². The van der Waals surface area contributed by atoms with E-state index in [1.807, 2.05) is 12.1 Å². The standard InChI is InChI=1S/C15H17ClN2O/c16-14-6-12-3-5-19-15(12)13(7-14)10-18-4-1-2-11(8-17)9-18/h6-7,11H,1-5,9-10H2. The molecule has 2 heterocycles. The highest BCUT2D eigenvalue weighted by atomic mass is 35.5. The largest absolute Gasteiger partial charge is 0.493 e. The third kappa shape index (κ3) is 2.70. The second-order valence-electron chi connectivity index (χ2n) is 5.35. The second kappa shape index (κ2) is 5.40. The minimum atomic E-state index is 0.168. The predicted molar refractivity (Wildman–Crippen MR) is 74.3 cm³/mol. The third-order valence-corrected chi connectivity index (χ3v) is 4.13. The molecule has 1 atom stereocenters. The topological polar surface area (TPSA) is 36.3 Å². The number of nitriles is 1. The number of nitrogens with zero attached hydrogens (tertiary/aromatic N) is 2. The first-order valence-corrected chi connectivity index (χ1v) is 7.20. The Morgan fingerprint density at radius 2 is 2.37 bits per heavy atom. The molecule has 0 aromatic heterocycles. The van der Waals surface area contributed by atoms with Crippen molar-refractivity contribution in [3.8, 4) is 11.8 Å².